The van der Waals surface area contributed by atoms with E-state index in [0.29, 0.717) is 28.3 Å². The van der Waals surface area contributed by atoms with Crippen molar-refractivity contribution in [1.29, 1.82) is 0 Å². The second kappa shape index (κ2) is 7.04. The Morgan fingerprint density at radius 1 is 1.11 bits per heavy atom. The van der Waals surface area contributed by atoms with Crippen LogP contribution in [0.15, 0.2) is 42.5 Å². The first kappa shape index (κ1) is 18.9. The van der Waals surface area contributed by atoms with Gasteiger partial charge in [0.2, 0.25) is 0 Å². The summed E-state index contributed by atoms with van der Waals surface area (Å²) in [5.41, 5.74) is -0.447. The van der Waals surface area contributed by atoms with Gasteiger partial charge in [-0.05, 0) is 38.1 Å². The van der Waals surface area contributed by atoms with Crippen molar-refractivity contribution in [3.05, 3.63) is 53.6 Å². The number of carbonyl (C=O) groups is 2. The number of ketones is 1. The van der Waals surface area contributed by atoms with Crippen molar-refractivity contribution in [3.63, 3.8) is 0 Å². The maximum atomic E-state index is 13.0. The number of fused-ring (bicyclic) bond motifs is 1. The number of ether oxygens (including phenoxy) is 2. The van der Waals surface area contributed by atoms with E-state index in [1.807, 2.05) is 19.9 Å². The Morgan fingerprint density at radius 3 is 2.41 bits per heavy atom. The van der Waals surface area contributed by atoms with E-state index in [1.54, 1.807) is 36.4 Å². The maximum absolute atomic E-state index is 13.0. The van der Waals surface area contributed by atoms with Crippen LogP contribution >= 0.6 is 0 Å². The molecule has 0 fully saturated rings. The summed E-state index contributed by atoms with van der Waals surface area (Å²) in [5, 5.41) is 11.2. The van der Waals surface area contributed by atoms with Crippen LogP contribution in [-0.2, 0) is 10.4 Å². The monoisotopic (exact) mass is 369 g/mol. The molecule has 0 aromatic heterocycles. The normalized spacial score (nSPS) is 18.6. The number of carbonyl (C=O) groups excluding carboxylic acids is 2. The molecule has 1 aliphatic heterocycles. The molecule has 6 heteroatoms. The molecule has 2 aromatic carbocycles. The van der Waals surface area contributed by atoms with Crippen LogP contribution in [0.25, 0.3) is 0 Å². The number of hydrogen-bond donors (Lipinski definition) is 1. The molecular weight excluding hydrogens is 346 g/mol. The predicted molar refractivity (Wildman–Crippen MR) is 101 cm³/mol. The van der Waals surface area contributed by atoms with Crippen LogP contribution < -0.4 is 14.4 Å². The lowest BCUT2D eigenvalue weighted by atomic mass is 9.88. The number of nitrogens with zero attached hydrogens (tertiary/aromatic N) is 1. The first-order valence-corrected chi connectivity index (χ1v) is 8.74. The summed E-state index contributed by atoms with van der Waals surface area (Å²) < 4.78 is 10.4. The summed E-state index contributed by atoms with van der Waals surface area (Å²) in [5.74, 6) is 0.0815. The summed E-state index contributed by atoms with van der Waals surface area (Å²) in [4.78, 5) is 27.4. The molecule has 1 atom stereocenters. The second-order valence-corrected chi connectivity index (χ2v) is 6.82. The van der Waals surface area contributed by atoms with Gasteiger partial charge in [0.25, 0.3) is 5.91 Å². The SMILES string of the molecule is COc1ccc(C(=O)C[C@]2(O)C(=O)N(C(C)C)c3ccccc32)cc1OC. The van der Waals surface area contributed by atoms with Gasteiger partial charge in [-0.15, -0.1) is 0 Å². The van der Waals surface area contributed by atoms with Gasteiger partial charge in [0.1, 0.15) is 0 Å². The van der Waals surface area contributed by atoms with Gasteiger partial charge in [0.05, 0.1) is 26.3 Å². The summed E-state index contributed by atoms with van der Waals surface area (Å²) in [7, 11) is 2.99. The highest BCUT2D eigenvalue weighted by molar-refractivity contribution is 6.11. The van der Waals surface area contributed by atoms with E-state index in [0.717, 1.165) is 0 Å². The highest BCUT2D eigenvalue weighted by Crippen LogP contribution is 2.44. The van der Waals surface area contributed by atoms with Gasteiger partial charge < -0.3 is 19.5 Å². The van der Waals surface area contributed by atoms with Crippen LogP contribution in [0.3, 0.4) is 0 Å². The van der Waals surface area contributed by atoms with Crippen LogP contribution in [0.1, 0.15) is 36.2 Å². The van der Waals surface area contributed by atoms with Crippen molar-refractivity contribution < 1.29 is 24.2 Å². The Balaban J connectivity index is 1.97. The molecule has 6 nitrogen and oxygen atoms in total. The Kier molecular flexibility index (Phi) is 4.93. The molecule has 0 unspecified atom stereocenters. The Morgan fingerprint density at radius 2 is 1.78 bits per heavy atom. The minimum Gasteiger partial charge on any atom is -0.493 e. The molecule has 3 rings (SSSR count). The van der Waals surface area contributed by atoms with Crippen LogP contribution in [0.5, 0.6) is 11.5 Å². The molecule has 0 bridgehead atoms. The van der Waals surface area contributed by atoms with Crippen molar-refractivity contribution in [2.24, 2.45) is 0 Å². The van der Waals surface area contributed by atoms with Crippen LogP contribution in [0.4, 0.5) is 5.69 Å². The van der Waals surface area contributed by atoms with Crippen molar-refractivity contribution in [2.75, 3.05) is 19.1 Å². The minimum absolute atomic E-state index is 0.135. The van der Waals surface area contributed by atoms with E-state index in [2.05, 4.69) is 0 Å². The molecule has 0 spiro atoms. The highest BCUT2D eigenvalue weighted by Gasteiger charge is 2.51. The summed E-state index contributed by atoms with van der Waals surface area (Å²) in [6.07, 6.45) is -0.346. The quantitative estimate of drug-likeness (QED) is 0.793. The second-order valence-electron chi connectivity index (χ2n) is 6.82. The molecule has 27 heavy (non-hydrogen) atoms. The molecule has 1 N–H and O–H groups in total. The minimum atomic E-state index is -1.88. The number of amides is 1. The van der Waals surface area contributed by atoms with Gasteiger partial charge in [-0.1, -0.05) is 18.2 Å². The van der Waals surface area contributed by atoms with Crippen LogP contribution in [0, 0.1) is 0 Å². The first-order chi connectivity index (χ1) is 12.8. The zero-order chi connectivity index (χ0) is 19.8. The van der Waals surface area contributed by atoms with Gasteiger partial charge >= 0.3 is 0 Å². The van der Waals surface area contributed by atoms with E-state index < -0.39 is 11.5 Å². The van der Waals surface area contributed by atoms with Gasteiger partial charge in [-0.25, -0.2) is 0 Å². The third-order valence-corrected chi connectivity index (χ3v) is 4.82. The Hall–Kier alpha value is -2.86. The number of aliphatic hydroxyl groups is 1. The fraction of sp³-hybridized carbons (Fsp3) is 0.333. The first-order valence-electron chi connectivity index (χ1n) is 8.74. The van der Waals surface area contributed by atoms with E-state index in [9.17, 15) is 14.7 Å². The largest absolute Gasteiger partial charge is 0.493 e. The highest BCUT2D eigenvalue weighted by atomic mass is 16.5. The van der Waals surface area contributed by atoms with Crippen molar-refractivity contribution in [3.8, 4) is 11.5 Å². The van der Waals surface area contributed by atoms with Gasteiger partial charge in [0.15, 0.2) is 22.9 Å². The maximum Gasteiger partial charge on any atom is 0.264 e. The lowest BCUT2D eigenvalue weighted by molar-refractivity contribution is -0.136. The number of benzene rings is 2. The smallest absolute Gasteiger partial charge is 0.264 e. The molecule has 142 valence electrons. The molecule has 0 radical (unpaired) electrons. The average Bonchev–Trinajstić information content (AvgIpc) is 2.88. The molecule has 1 heterocycles. The Bertz CT molecular complexity index is 892. The average molecular weight is 369 g/mol. The van der Waals surface area contributed by atoms with E-state index in [1.165, 1.54) is 19.1 Å². The molecule has 0 saturated carbocycles. The fourth-order valence-electron chi connectivity index (χ4n) is 3.48. The summed E-state index contributed by atoms with van der Waals surface area (Å²) >= 11 is 0. The van der Waals surface area contributed by atoms with Crippen molar-refractivity contribution in [1.82, 2.24) is 0 Å². The zero-order valence-corrected chi connectivity index (χ0v) is 15.9. The van der Waals surface area contributed by atoms with Gasteiger partial charge in [-0.3, -0.25) is 9.59 Å². The third kappa shape index (κ3) is 3.06. The number of methoxy groups -OCH3 is 2. The van der Waals surface area contributed by atoms with E-state index in [4.69, 9.17) is 9.47 Å². The standard InChI is InChI=1S/C21H23NO5/c1-13(2)22-16-8-6-5-7-15(16)21(25,20(22)24)12-17(23)14-9-10-18(26-3)19(11-14)27-4/h5-11,13,25H,12H2,1-4H3/t21-/m1/s1. The van der Waals surface area contributed by atoms with E-state index in [-0.39, 0.29) is 18.2 Å². The molecule has 1 amide bonds. The predicted octanol–water partition coefficient (Wildman–Crippen LogP) is 2.92. The number of rotatable bonds is 6. The van der Waals surface area contributed by atoms with Gasteiger partial charge in [0, 0.05) is 17.2 Å². The van der Waals surface area contributed by atoms with E-state index >= 15 is 0 Å². The molecule has 0 aliphatic carbocycles. The number of para-hydroxylation sites is 1. The van der Waals surface area contributed by atoms with Crippen molar-refractivity contribution in [2.45, 2.75) is 31.9 Å². The molecular formula is C21H23NO5. The number of anilines is 1. The zero-order valence-electron chi connectivity index (χ0n) is 15.9. The molecule has 1 aliphatic rings. The molecule has 2 aromatic rings. The van der Waals surface area contributed by atoms with Crippen LogP contribution in [0.2, 0.25) is 0 Å². The van der Waals surface area contributed by atoms with Crippen LogP contribution in [-0.4, -0.2) is 37.1 Å². The lowest BCUT2D eigenvalue weighted by Crippen LogP contribution is -2.44. The topological polar surface area (TPSA) is 76.1 Å². The Labute approximate surface area is 158 Å². The third-order valence-electron chi connectivity index (χ3n) is 4.82. The van der Waals surface area contributed by atoms with Gasteiger partial charge in [-0.2, -0.15) is 0 Å². The lowest BCUT2D eigenvalue weighted by Gasteiger charge is -2.25. The number of hydrogen-bond acceptors (Lipinski definition) is 5. The summed E-state index contributed by atoms with van der Waals surface area (Å²) in [6.45, 7) is 3.74. The fourth-order valence-corrected chi connectivity index (χ4v) is 3.48. The van der Waals surface area contributed by atoms with Crippen molar-refractivity contribution >= 4 is 17.4 Å². The molecule has 0 saturated heterocycles. The number of Topliss-reactive ketones (excluding diaryl/α,β-unsaturated/α-hetero) is 1. The summed E-state index contributed by atoms with van der Waals surface area (Å²) in [6, 6.07) is 11.7.